The number of aliphatic hydroxyl groups is 1. The molecule has 0 aliphatic carbocycles. The van der Waals surface area contributed by atoms with Gasteiger partial charge < -0.3 is 15.0 Å². The Hall–Kier alpha value is -1.81. The van der Waals surface area contributed by atoms with Crippen LogP contribution in [0.4, 0.5) is 0 Å². The summed E-state index contributed by atoms with van der Waals surface area (Å²) in [6.45, 7) is 0.854. The number of aromatic nitrogens is 1. The van der Waals surface area contributed by atoms with E-state index < -0.39 is 6.61 Å². The summed E-state index contributed by atoms with van der Waals surface area (Å²) < 4.78 is 0. The summed E-state index contributed by atoms with van der Waals surface area (Å²) in [4.78, 5) is 16.5. The fourth-order valence-corrected chi connectivity index (χ4v) is 2.51. The standard InChI is InChI=1S/C13H14N2O2/c16-8-13(17)15-6-5-10-9-3-1-2-4-11(9)14-12(10)7-15/h1-4,14,16H,5-8H2. The second kappa shape index (κ2) is 3.89. The number of para-hydroxylation sites is 1. The highest BCUT2D eigenvalue weighted by molar-refractivity contribution is 5.85. The fourth-order valence-electron chi connectivity index (χ4n) is 2.51. The number of fused-ring (bicyclic) bond motifs is 3. The number of hydrogen-bond acceptors (Lipinski definition) is 2. The Morgan fingerprint density at radius 1 is 1.41 bits per heavy atom. The molecule has 0 unspecified atom stereocenters. The number of nitrogens with zero attached hydrogens (tertiary/aromatic N) is 1. The minimum atomic E-state index is -0.407. The molecule has 1 amide bonds. The summed E-state index contributed by atoms with van der Waals surface area (Å²) in [6, 6.07) is 8.18. The van der Waals surface area contributed by atoms with Crippen LogP contribution in [0.2, 0.25) is 0 Å². The normalized spacial score (nSPS) is 15.0. The van der Waals surface area contributed by atoms with Crippen molar-refractivity contribution in [3.8, 4) is 0 Å². The van der Waals surface area contributed by atoms with Crippen LogP contribution >= 0.6 is 0 Å². The van der Waals surface area contributed by atoms with Gasteiger partial charge in [-0.2, -0.15) is 0 Å². The third-order valence-electron chi connectivity index (χ3n) is 3.37. The maximum atomic E-state index is 11.5. The first-order valence-electron chi connectivity index (χ1n) is 5.76. The van der Waals surface area contributed by atoms with Gasteiger partial charge in [0, 0.05) is 23.1 Å². The summed E-state index contributed by atoms with van der Waals surface area (Å²) >= 11 is 0. The zero-order valence-electron chi connectivity index (χ0n) is 9.44. The van der Waals surface area contributed by atoms with E-state index in [1.807, 2.05) is 18.2 Å². The van der Waals surface area contributed by atoms with Gasteiger partial charge in [0.15, 0.2) is 0 Å². The molecule has 0 saturated heterocycles. The van der Waals surface area contributed by atoms with Crippen LogP contribution in [0.15, 0.2) is 24.3 Å². The molecule has 2 N–H and O–H groups in total. The number of H-pyrrole nitrogens is 1. The maximum absolute atomic E-state index is 11.5. The van der Waals surface area contributed by atoms with Crippen molar-refractivity contribution in [2.24, 2.45) is 0 Å². The molecule has 0 radical (unpaired) electrons. The fraction of sp³-hybridized carbons (Fsp3) is 0.308. The molecule has 3 rings (SSSR count). The second-order valence-corrected chi connectivity index (χ2v) is 4.35. The molecule has 2 heterocycles. The van der Waals surface area contributed by atoms with Gasteiger partial charge in [-0.1, -0.05) is 18.2 Å². The van der Waals surface area contributed by atoms with Crippen molar-refractivity contribution in [2.45, 2.75) is 13.0 Å². The van der Waals surface area contributed by atoms with E-state index in [2.05, 4.69) is 11.1 Å². The number of benzene rings is 1. The van der Waals surface area contributed by atoms with Gasteiger partial charge in [-0.05, 0) is 18.1 Å². The van der Waals surface area contributed by atoms with Gasteiger partial charge in [-0.3, -0.25) is 4.79 Å². The van der Waals surface area contributed by atoms with E-state index in [0.29, 0.717) is 13.1 Å². The molecule has 1 aromatic heterocycles. The van der Waals surface area contributed by atoms with E-state index in [-0.39, 0.29) is 5.91 Å². The first kappa shape index (κ1) is 10.4. The van der Waals surface area contributed by atoms with Gasteiger partial charge in [0.05, 0.1) is 6.54 Å². The predicted molar refractivity (Wildman–Crippen MR) is 64.5 cm³/mol. The number of carbonyl (C=O) groups excluding carboxylic acids is 1. The number of nitrogens with one attached hydrogen (secondary N) is 1. The third kappa shape index (κ3) is 1.61. The molecule has 4 heteroatoms. The summed E-state index contributed by atoms with van der Waals surface area (Å²) in [5, 5.41) is 10.1. The van der Waals surface area contributed by atoms with Crippen LogP contribution in [0.5, 0.6) is 0 Å². The number of hydrogen-bond donors (Lipinski definition) is 2. The van der Waals surface area contributed by atoms with Crippen molar-refractivity contribution in [1.82, 2.24) is 9.88 Å². The molecule has 17 heavy (non-hydrogen) atoms. The average Bonchev–Trinajstić information content (AvgIpc) is 2.75. The van der Waals surface area contributed by atoms with Gasteiger partial charge >= 0.3 is 0 Å². The van der Waals surface area contributed by atoms with Gasteiger partial charge in [-0.25, -0.2) is 0 Å². The highest BCUT2D eigenvalue weighted by Gasteiger charge is 2.22. The summed E-state index contributed by atoms with van der Waals surface area (Å²) in [5.74, 6) is -0.200. The van der Waals surface area contributed by atoms with Gasteiger partial charge in [0.1, 0.15) is 6.61 Å². The van der Waals surface area contributed by atoms with E-state index in [1.54, 1.807) is 4.90 Å². The third-order valence-corrected chi connectivity index (χ3v) is 3.37. The van der Waals surface area contributed by atoms with Crippen molar-refractivity contribution in [3.05, 3.63) is 35.5 Å². The molecule has 0 fully saturated rings. The Morgan fingerprint density at radius 3 is 3.06 bits per heavy atom. The monoisotopic (exact) mass is 230 g/mol. The van der Waals surface area contributed by atoms with Crippen molar-refractivity contribution >= 4 is 16.8 Å². The number of rotatable bonds is 1. The molecular formula is C13H14N2O2. The second-order valence-electron chi connectivity index (χ2n) is 4.35. The van der Waals surface area contributed by atoms with Crippen LogP contribution in [0.25, 0.3) is 10.9 Å². The quantitative estimate of drug-likeness (QED) is 0.769. The summed E-state index contributed by atoms with van der Waals surface area (Å²) in [7, 11) is 0. The molecule has 4 nitrogen and oxygen atoms in total. The van der Waals surface area contributed by atoms with E-state index in [9.17, 15) is 4.79 Å². The molecular weight excluding hydrogens is 216 g/mol. The first-order chi connectivity index (χ1) is 8.29. The van der Waals surface area contributed by atoms with E-state index in [4.69, 9.17) is 5.11 Å². The van der Waals surface area contributed by atoms with Gasteiger partial charge in [-0.15, -0.1) is 0 Å². The van der Waals surface area contributed by atoms with Crippen LogP contribution in [-0.4, -0.2) is 34.0 Å². The van der Waals surface area contributed by atoms with E-state index in [1.165, 1.54) is 10.9 Å². The van der Waals surface area contributed by atoms with E-state index >= 15 is 0 Å². The predicted octanol–water partition coefficient (Wildman–Crippen LogP) is 1.04. The van der Waals surface area contributed by atoms with Crippen LogP contribution in [0, 0.1) is 0 Å². The maximum Gasteiger partial charge on any atom is 0.248 e. The number of aliphatic hydroxyl groups excluding tert-OH is 1. The summed E-state index contributed by atoms with van der Waals surface area (Å²) in [6.07, 6.45) is 0.852. The average molecular weight is 230 g/mol. The SMILES string of the molecule is O=C(CO)N1CCc2c([nH]c3ccccc23)C1. The smallest absolute Gasteiger partial charge is 0.248 e. The summed E-state index contributed by atoms with van der Waals surface area (Å²) in [5.41, 5.74) is 3.53. The number of aromatic amines is 1. The lowest BCUT2D eigenvalue weighted by Crippen LogP contribution is -2.37. The lowest BCUT2D eigenvalue weighted by Gasteiger charge is -2.26. The Bertz CT molecular complexity index is 574. The van der Waals surface area contributed by atoms with Crippen molar-refractivity contribution in [2.75, 3.05) is 13.2 Å². The molecule has 2 aromatic rings. The Kier molecular flexibility index (Phi) is 2.37. The highest BCUT2D eigenvalue weighted by atomic mass is 16.3. The van der Waals surface area contributed by atoms with Crippen LogP contribution in [-0.2, 0) is 17.8 Å². The first-order valence-corrected chi connectivity index (χ1v) is 5.76. The topological polar surface area (TPSA) is 56.3 Å². The Balaban J connectivity index is 2.00. The van der Waals surface area contributed by atoms with Crippen molar-refractivity contribution < 1.29 is 9.90 Å². The molecule has 0 atom stereocenters. The number of carbonyl (C=O) groups is 1. The largest absolute Gasteiger partial charge is 0.387 e. The van der Waals surface area contributed by atoms with Crippen molar-refractivity contribution in [1.29, 1.82) is 0 Å². The molecule has 1 aliphatic rings. The Labute approximate surface area is 98.9 Å². The van der Waals surface area contributed by atoms with Crippen LogP contribution < -0.4 is 0 Å². The Morgan fingerprint density at radius 2 is 2.24 bits per heavy atom. The molecule has 0 saturated carbocycles. The molecule has 0 bridgehead atoms. The molecule has 88 valence electrons. The van der Waals surface area contributed by atoms with Crippen molar-refractivity contribution in [3.63, 3.8) is 0 Å². The minimum absolute atomic E-state index is 0.200. The van der Waals surface area contributed by atoms with Crippen LogP contribution in [0.1, 0.15) is 11.3 Å². The highest BCUT2D eigenvalue weighted by Crippen LogP contribution is 2.27. The zero-order chi connectivity index (χ0) is 11.8. The lowest BCUT2D eigenvalue weighted by molar-refractivity contribution is -0.135. The minimum Gasteiger partial charge on any atom is -0.387 e. The number of amides is 1. The molecule has 1 aliphatic heterocycles. The lowest BCUT2D eigenvalue weighted by atomic mass is 10.0. The van der Waals surface area contributed by atoms with Crippen LogP contribution in [0.3, 0.4) is 0 Å². The zero-order valence-corrected chi connectivity index (χ0v) is 9.44. The molecule has 0 spiro atoms. The van der Waals surface area contributed by atoms with Gasteiger partial charge in [0.25, 0.3) is 0 Å². The molecule has 1 aromatic carbocycles. The van der Waals surface area contributed by atoms with E-state index in [0.717, 1.165) is 17.6 Å². The van der Waals surface area contributed by atoms with Gasteiger partial charge in [0.2, 0.25) is 5.91 Å².